The Morgan fingerprint density at radius 1 is 1.18 bits per heavy atom. The number of para-hydroxylation sites is 3. The maximum atomic E-state index is 5.87. The lowest BCUT2D eigenvalue weighted by molar-refractivity contribution is 0.411. The zero-order chi connectivity index (χ0) is 14.9. The molecule has 4 rings (SSSR count). The van der Waals surface area contributed by atoms with Gasteiger partial charge in [-0.3, -0.25) is 0 Å². The molecular weight excluding hydrogens is 276 g/mol. The van der Waals surface area contributed by atoms with Crippen LogP contribution >= 0.6 is 0 Å². The molecule has 0 unspecified atom stereocenters. The average Bonchev–Trinajstić information content (AvgIpc) is 2.96. The Morgan fingerprint density at radius 2 is 2.09 bits per heavy atom. The molecule has 22 heavy (non-hydrogen) atoms. The second-order valence-corrected chi connectivity index (χ2v) is 5.57. The zero-order valence-electron chi connectivity index (χ0n) is 12.6. The van der Waals surface area contributed by atoms with Crippen LogP contribution in [0.1, 0.15) is 17.9 Å². The zero-order valence-corrected chi connectivity index (χ0v) is 12.6. The average molecular weight is 294 g/mol. The van der Waals surface area contributed by atoms with Gasteiger partial charge >= 0.3 is 0 Å². The largest absolute Gasteiger partial charge is 0.495 e. The van der Waals surface area contributed by atoms with Crippen LogP contribution in [0.4, 0.5) is 5.69 Å². The van der Waals surface area contributed by atoms with E-state index in [0.717, 1.165) is 42.1 Å². The molecule has 2 aromatic carbocycles. The quantitative estimate of drug-likeness (QED) is 0.736. The lowest BCUT2D eigenvalue weighted by Crippen LogP contribution is -2.29. The Morgan fingerprint density at radius 3 is 2.95 bits per heavy atom. The number of hydrogen-bond donors (Lipinski definition) is 0. The summed E-state index contributed by atoms with van der Waals surface area (Å²) in [6.07, 6.45) is 2.23. The van der Waals surface area contributed by atoms with Crippen molar-refractivity contribution in [3.05, 3.63) is 53.9 Å². The molecule has 2 heterocycles. The van der Waals surface area contributed by atoms with Crippen molar-refractivity contribution >= 4 is 16.8 Å². The Balaban J connectivity index is 1.70. The van der Waals surface area contributed by atoms with Gasteiger partial charge in [0.25, 0.3) is 0 Å². The molecule has 4 heteroatoms. The maximum absolute atomic E-state index is 5.87. The van der Waals surface area contributed by atoms with Crippen molar-refractivity contribution in [3.63, 3.8) is 0 Å². The molecule has 1 aromatic heterocycles. The number of benzene rings is 2. The molecular formula is C18H18N2O2. The second kappa shape index (κ2) is 5.37. The van der Waals surface area contributed by atoms with Gasteiger partial charge in [-0.2, -0.15) is 0 Å². The van der Waals surface area contributed by atoms with E-state index in [-0.39, 0.29) is 0 Å². The van der Waals surface area contributed by atoms with E-state index in [1.54, 1.807) is 7.11 Å². The monoisotopic (exact) mass is 294 g/mol. The van der Waals surface area contributed by atoms with Crippen LogP contribution in [0.15, 0.2) is 46.9 Å². The van der Waals surface area contributed by atoms with Gasteiger partial charge in [-0.25, -0.2) is 4.98 Å². The Labute approximate surface area is 129 Å². The van der Waals surface area contributed by atoms with Crippen molar-refractivity contribution in [3.8, 4) is 5.75 Å². The van der Waals surface area contributed by atoms with Crippen LogP contribution in [-0.2, 0) is 13.0 Å². The van der Waals surface area contributed by atoms with Crippen LogP contribution in [0.3, 0.4) is 0 Å². The number of ether oxygens (including phenoxy) is 1. The first-order valence-corrected chi connectivity index (χ1v) is 7.60. The molecule has 0 radical (unpaired) electrons. The molecule has 0 atom stereocenters. The topological polar surface area (TPSA) is 38.5 Å². The lowest BCUT2D eigenvalue weighted by atomic mass is 10.0. The predicted molar refractivity (Wildman–Crippen MR) is 86.4 cm³/mol. The standard InChI is InChI=1S/C18H18N2O2/c1-21-16-10-4-6-13-7-5-11-20(18(13)16)12-17-19-14-8-2-3-9-15(14)22-17/h2-4,6,8-10H,5,7,11-12H2,1H3. The Hall–Kier alpha value is -2.49. The SMILES string of the molecule is COc1cccc2c1N(Cc1nc3ccccc3o1)CCC2. The van der Waals surface area contributed by atoms with Crippen molar-refractivity contribution in [1.29, 1.82) is 0 Å². The molecule has 112 valence electrons. The molecule has 0 amide bonds. The number of oxazole rings is 1. The van der Waals surface area contributed by atoms with Gasteiger partial charge in [0.2, 0.25) is 5.89 Å². The van der Waals surface area contributed by atoms with Crippen molar-refractivity contribution < 1.29 is 9.15 Å². The molecule has 1 aliphatic heterocycles. The normalized spacial score (nSPS) is 14.1. The molecule has 4 nitrogen and oxygen atoms in total. The van der Waals surface area contributed by atoms with E-state index in [1.807, 2.05) is 30.3 Å². The van der Waals surface area contributed by atoms with Crippen LogP contribution < -0.4 is 9.64 Å². The van der Waals surface area contributed by atoms with Crippen molar-refractivity contribution in [2.45, 2.75) is 19.4 Å². The molecule has 1 aliphatic rings. The number of fused-ring (bicyclic) bond motifs is 2. The van der Waals surface area contributed by atoms with Gasteiger partial charge in [0.15, 0.2) is 5.58 Å². The third kappa shape index (κ3) is 2.21. The van der Waals surface area contributed by atoms with E-state index in [1.165, 1.54) is 11.3 Å². The minimum atomic E-state index is 0.669. The van der Waals surface area contributed by atoms with Crippen molar-refractivity contribution in [1.82, 2.24) is 4.98 Å². The highest BCUT2D eigenvalue weighted by Crippen LogP contribution is 2.37. The third-order valence-electron chi connectivity index (χ3n) is 4.16. The molecule has 0 saturated heterocycles. The molecule has 3 aromatic rings. The van der Waals surface area contributed by atoms with Gasteiger partial charge < -0.3 is 14.1 Å². The number of rotatable bonds is 3. The van der Waals surface area contributed by atoms with Crippen LogP contribution in [0.25, 0.3) is 11.1 Å². The van der Waals surface area contributed by atoms with E-state index in [4.69, 9.17) is 9.15 Å². The van der Waals surface area contributed by atoms with Crippen LogP contribution in [0.2, 0.25) is 0 Å². The summed E-state index contributed by atoms with van der Waals surface area (Å²) in [4.78, 5) is 6.89. The van der Waals surface area contributed by atoms with Crippen molar-refractivity contribution in [2.75, 3.05) is 18.6 Å². The smallest absolute Gasteiger partial charge is 0.215 e. The summed E-state index contributed by atoms with van der Waals surface area (Å²) >= 11 is 0. The van der Waals surface area contributed by atoms with Gasteiger partial charge in [-0.05, 0) is 36.6 Å². The fourth-order valence-corrected chi connectivity index (χ4v) is 3.17. The summed E-state index contributed by atoms with van der Waals surface area (Å²) in [5.41, 5.74) is 4.27. The van der Waals surface area contributed by atoms with E-state index < -0.39 is 0 Å². The molecule has 0 spiro atoms. The molecule has 0 N–H and O–H groups in total. The van der Waals surface area contributed by atoms with E-state index in [2.05, 4.69) is 22.0 Å². The number of aromatic nitrogens is 1. The lowest BCUT2D eigenvalue weighted by Gasteiger charge is -2.31. The fraction of sp³-hybridized carbons (Fsp3) is 0.278. The number of aryl methyl sites for hydroxylation is 1. The molecule has 0 aliphatic carbocycles. The third-order valence-corrected chi connectivity index (χ3v) is 4.16. The highest BCUT2D eigenvalue weighted by molar-refractivity contribution is 5.72. The van der Waals surface area contributed by atoms with Crippen LogP contribution in [0, 0.1) is 0 Å². The highest BCUT2D eigenvalue weighted by atomic mass is 16.5. The van der Waals surface area contributed by atoms with Gasteiger partial charge in [-0.15, -0.1) is 0 Å². The van der Waals surface area contributed by atoms with Crippen molar-refractivity contribution in [2.24, 2.45) is 0 Å². The number of nitrogens with zero attached hydrogens (tertiary/aromatic N) is 2. The maximum Gasteiger partial charge on any atom is 0.215 e. The summed E-state index contributed by atoms with van der Waals surface area (Å²) in [5, 5.41) is 0. The fourth-order valence-electron chi connectivity index (χ4n) is 3.17. The predicted octanol–water partition coefficient (Wildman–Crippen LogP) is 3.79. The van der Waals surface area contributed by atoms with Gasteiger partial charge in [-0.1, -0.05) is 24.3 Å². The van der Waals surface area contributed by atoms with Gasteiger partial charge in [0.05, 0.1) is 19.3 Å². The first-order valence-electron chi connectivity index (χ1n) is 7.60. The summed E-state index contributed by atoms with van der Waals surface area (Å²) in [5.74, 6) is 1.67. The van der Waals surface area contributed by atoms with E-state index in [0.29, 0.717) is 6.54 Å². The van der Waals surface area contributed by atoms with Gasteiger partial charge in [0, 0.05) is 6.54 Å². The summed E-state index contributed by atoms with van der Waals surface area (Å²) < 4.78 is 11.4. The second-order valence-electron chi connectivity index (χ2n) is 5.57. The molecule has 0 bridgehead atoms. The number of hydrogen-bond acceptors (Lipinski definition) is 4. The van der Waals surface area contributed by atoms with E-state index in [9.17, 15) is 0 Å². The minimum Gasteiger partial charge on any atom is -0.495 e. The molecule has 0 saturated carbocycles. The Kier molecular flexibility index (Phi) is 3.22. The first-order chi connectivity index (χ1) is 10.8. The van der Waals surface area contributed by atoms with Crippen LogP contribution in [0.5, 0.6) is 5.75 Å². The summed E-state index contributed by atoms with van der Waals surface area (Å²) in [6.45, 7) is 1.66. The minimum absolute atomic E-state index is 0.669. The summed E-state index contributed by atoms with van der Waals surface area (Å²) in [7, 11) is 1.72. The first kappa shape index (κ1) is 13.2. The Bertz CT molecular complexity index is 762. The van der Waals surface area contributed by atoms with Gasteiger partial charge in [0.1, 0.15) is 11.3 Å². The summed E-state index contributed by atoms with van der Waals surface area (Å²) in [6, 6.07) is 14.1. The van der Waals surface area contributed by atoms with E-state index >= 15 is 0 Å². The number of methoxy groups -OCH3 is 1. The highest BCUT2D eigenvalue weighted by Gasteiger charge is 2.22. The number of anilines is 1. The van der Waals surface area contributed by atoms with Crippen LogP contribution in [-0.4, -0.2) is 18.6 Å². The molecule has 0 fully saturated rings.